The number of carbonyl (C=O) groups is 1. The van der Waals surface area contributed by atoms with E-state index >= 15 is 0 Å². The molecule has 1 aliphatic heterocycles. The molecule has 0 bridgehead atoms. The summed E-state index contributed by atoms with van der Waals surface area (Å²) < 4.78 is 0. The van der Waals surface area contributed by atoms with Crippen molar-refractivity contribution in [3.8, 4) is 0 Å². The Labute approximate surface area is 119 Å². The number of rotatable bonds is 2. The first-order chi connectivity index (χ1) is 9.20. The van der Waals surface area contributed by atoms with Gasteiger partial charge in [0.2, 0.25) is 0 Å². The number of likely N-dealkylation sites (tertiary alicyclic amines) is 1. The van der Waals surface area contributed by atoms with Crippen molar-refractivity contribution < 1.29 is 4.79 Å². The zero-order chi connectivity index (χ0) is 13.7. The summed E-state index contributed by atoms with van der Waals surface area (Å²) in [7, 11) is 1.77. The van der Waals surface area contributed by atoms with Crippen molar-refractivity contribution in [1.82, 2.24) is 10.2 Å². The minimum atomic E-state index is 0.127. The van der Waals surface area contributed by atoms with Gasteiger partial charge in [-0.05, 0) is 55.7 Å². The van der Waals surface area contributed by atoms with E-state index in [4.69, 9.17) is 12.2 Å². The maximum atomic E-state index is 12.3. The van der Waals surface area contributed by atoms with Gasteiger partial charge in [-0.3, -0.25) is 4.79 Å². The van der Waals surface area contributed by atoms with E-state index in [0.29, 0.717) is 5.11 Å². The standard InChI is InChI=1S/C14H19N3OS/c1-15-14(19)16-12-7-5-11(6-8-12)13(18)17-9-3-2-4-10-17/h5-8H,2-4,9-10H2,1H3,(H2,15,16,19). The summed E-state index contributed by atoms with van der Waals surface area (Å²) in [6, 6.07) is 7.44. The van der Waals surface area contributed by atoms with Crippen molar-refractivity contribution in [1.29, 1.82) is 0 Å². The van der Waals surface area contributed by atoms with Crippen LogP contribution in [0, 0.1) is 0 Å². The molecule has 0 unspecified atom stereocenters. The second kappa shape index (κ2) is 6.52. The summed E-state index contributed by atoms with van der Waals surface area (Å²) in [5.41, 5.74) is 1.62. The van der Waals surface area contributed by atoms with Crippen molar-refractivity contribution in [2.75, 3.05) is 25.5 Å². The number of hydrogen-bond acceptors (Lipinski definition) is 2. The van der Waals surface area contributed by atoms with Crippen molar-refractivity contribution in [3.63, 3.8) is 0 Å². The van der Waals surface area contributed by atoms with Crippen LogP contribution in [0.5, 0.6) is 0 Å². The molecule has 5 heteroatoms. The number of nitrogens with one attached hydrogen (secondary N) is 2. The van der Waals surface area contributed by atoms with E-state index in [1.54, 1.807) is 7.05 Å². The summed E-state index contributed by atoms with van der Waals surface area (Å²) in [6.45, 7) is 1.76. The van der Waals surface area contributed by atoms with Crippen LogP contribution in [0.15, 0.2) is 24.3 Å². The van der Waals surface area contributed by atoms with Gasteiger partial charge in [0, 0.05) is 31.4 Å². The van der Waals surface area contributed by atoms with Crippen LogP contribution in [-0.4, -0.2) is 36.1 Å². The van der Waals surface area contributed by atoms with Gasteiger partial charge < -0.3 is 15.5 Å². The van der Waals surface area contributed by atoms with E-state index in [0.717, 1.165) is 37.2 Å². The number of benzene rings is 1. The molecule has 0 aromatic heterocycles. The normalized spacial score (nSPS) is 14.9. The Morgan fingerprint density at radius 1 is 1.16 bits per heavy atom. The maximum absolute atomic E-state index is 12.3. The van der Waals surface area contributed by atoms with Gasteiger partial charge in [0.1, 0.15) is 0 Å². The van der Waals surface area contributed by atoms with Gasteiger partial charge >= 0.3 is 0 Å². The Kier molecular flexibility index (Phi) is 4.74. The lowest BCUT2D eigenvalue weighted by atomic mass is 10.1. The smallest absolute Gasteiger partial charge is 0.253 e. The fourth-order valence-electron chi connectivity index (χ4n) is 2.17. The Balaban J connectivity index is 2.01. The molecule has 1 aromatic carbocycles. The fourth-order valence-corrected chi connectivity index (χ4v) is 2.29. The van der Waals surface area contributed by atoms with Crippen LogP contribution in [0.25, 0.3) is 0 Å². The van der Waals surface area contributed by atoms with Gasteiger partial charge in [0.05, 0.1) is 0 Å². The molecule has 0 radical (unpaired) electrons. The monoisotopic (exact) mass is 277 g/mol. The van der Waals surface area contributed by atoms with Crippen LogP contribution in [0.2, 0.25) is 0 Å². The predicted octanol–water partition coefficient (Wildman–Crippen LogP) is 2.23. The first-order valence-corrected chi connectivity index (χ1v) is 6.99. The number of nitrogens with zero attached hydrogens (tertiary/aromatic N) is 1. The molecular formula is C14H19N3OS. The van der Waals surface area contributed by atoms with E-state index < -0.39 is 0 Å². The number of amides is 1. The molecule has 19 heavy (non-hydrogen) atoms. The number of thiocarbonyl (C=S) groups is 1. The molecular weight excluding hydrogens is 258 g/mol. The number of anilines is 1. The SMILES string of the molecule is CNC(=S)Nc1ccc(C(=O)N2CCCCC2)cc1. The highest BCUT2D eigenvalue weighted by Gasteiger charge is 2.17. The van der Waals surface area contributed by atoms with Crippen LogP contribution in [0.4, 0.5) is 5.69 Å². The molecule has 2 rings (SSSR count). The highest BCUT2D eigenvalue weighted by atomic mass is 32.1. The van der Waals surface area contributed by atoms with E-state index in [1.807, 2.05) is 29.2 Å². The molecule has 1 saturated heterocycles. The molecule has 0 saturated carbocycles. The summed E-state index contributed by atoms with van der Waals surface area (Å²) >= 11 is 5.03. The average molecular weight is 277 g/mol. The molecule has 2 N–H and O–H groups in total. The Morgan fingerprint density at radius 3 is 2.37 bits per heavy atom. The van der Waals surface area contributed by atoms with Gasteiger partial charge in [-0.25, -0.2) is 0 Å². The molecule has 1 heterocycles. The molecule has 1 aromatic rings. The Hall–Kier alpha value is -1.62. The van der Waals surface area contributed by atoms with Crippen molar-refractivity contribution in [2.24, 2.45) is 0 Å². The van der Waals surface area contributed by atoms with Crippen LogP contribution in [0.1, 0.15) is 29.6 Å². The first kappa shape index (κ1) is 13.8. The Bertz CT molecular complexity index is 452. The van der Waals surface area contributed by atoms with E-state index in [-0.39, 0.29) is 5.91 Å². The molecule has 1 amide bonds. The molecule has 0 atom stereocenters. The van der Waals surface area contributed by atoms with Gasteiger partial charge in [0.15, 0.2) is 5.11 Å². The quantitative estimate of drug-likeness (QED) is 0.814. The zero-order valence-electron chi connectivity index (χ0n) is 11.1. The topological polar surface area (TPSA) is 44.4 Å². The molecule has 0 aliphatic carbocycles. The summed E-state index contributed by atoms with van der Waals surface area (Å²) in [4.78, 5) is 14.2. The van der Waals surface area contributed by atoms with Crippen molar-refractivity contribution in [3.05, 3.63) is 29.8 Å². The largest absolute Gasteiger partial charge is 0.366 e. The minimum absolute atomic E-state index is 0.127. The van der Waals surface area contributed by atoms with Crippen LogP contribution >= 0.6 is 12.2 Å². The molecule has 1 fully saturated rings. The van der Waals surface area contributed by atoms with Gasteiger partial charge in [0.25, 0.3) is 5.91 Å². The third-order valence-corrected chi connectivity index (χ3v) is 3.57. The lowest BCUT2D eigenvalue weighted by Crippen LogP contribution is -2.35. The lowest BCUT2D eigenvalue weighted by Gasteiger charge is -2.26. The number of carbonyl (C=O) groups excluding carboxylic acids is 1. The third-order valence-electron chi connectivity index (χ3n) is 3.26. The first-order valence-electron chi connectivity index (χ1n) is 6.59. The minimum Gasteiger partial charge on any atom is -0.366 e. The summed E-state index contributed by atoms with van der Waals surface area (Å²) in [5, 5.41) is 6.45. The number of hydrogen-bond donors (Lipinski definition) is 2. The van der Waals surface area contributed by atoms with Gasteiger partial charge in [-0.1, -0.05) is 0 Å². The predicted molar refractivity (Wildman–Crippen MR) is 81.5 cm³/mol. The maximum Gasteiger partial charge on any atom is 0.253 e. The third kappa shape index (κ3) is 3.67. The summed E-state index contributed by atoms with van der Waals surface area (Å²) in [5.74, 6) is 0.127. The second-order valence-corrected chi connectivity index (χ2v) is 5.04. The average Bonchev–Trinajstić information content (AvgIpc) is 2.48. The zero-order valence-corrected chi connectivity index (χ0v) is 11.9. The Morgan fingerprint density at radius 2 is 1.79 bits per heavy atom. The van der Waals surface area contributed by atoms with E-state index in [2.05, 4.69) is 10.6 Å². The molecule has 4 nitrogen and oxygen atoms in total. The second-order valence-electron chi connectivity index (χ2n) is 4.63. The molecule has 1 aliphatic rings. The fraction of sp³-hybridized carbons (Fsp3) is 0.429. The highest BCUT2D eigenvalue weighted by molar-refractivity contribution is 7.80. The van der Waals surface area contributed by atoms with Crippen LogP contribution in [0.3, 0.4) is 0 Å². The molecule has 0 spiro atoms. The number of piperidine rings is 1. The van der Waals surface area contributed by atoms with Crippen molar-refractivity contribution >= 4 is 28.9 Å². The van der Waals surface area contributed by atoms with Gasteiger partial charge in [-0.15, -0.1) is 0 Å². The highest BCUT2D eigenvalue weighted by Crippen LogP contribution is 2.15. The summed E-state index contributed by atoms with van der Waals surface area (Å²) in [6.07, 6.45) is 3.46. The van der Waals surface area contributed by atoms with Gasteiger partial charge in [-0.2, -0.15) is 0 Å². The van der Waals surface area contributed by atoms with E-state index in [1.165, 1.54) is 6.42 Å². The lowest BCUT2D eigenvalue weighted by molar-refractivity contribution is 0.0724. The van der Waals surface area contributed by atoms with Crippen LogP contribution < -0.4 is 10.6 Å². The van der Waals surface area contributed by atoms with Crippen LogP contribution in [-0.2, 0) is 0 Å². The van der Waals surface area contributed by atoms with E-state index in [9.17, 15) is 4.79 Å². The van der Waals surface area contributed by atoms with Crippen molar-refractivity contribution in [2.45, 2.75) is 19.3 Å². The molecule has 102 valence electrons.